The zero-order valence-corrected chi connectivity index (χ0v) is 14.9. The van der Waals surface area contributed by atoms with Crippen molar-refractivity contribution < 1.29 is 5.11 Å². The summed E-state index contributed by atoms with van der Waals surface area (Å²) in [5.41, 5.74) is 14.7. The van der Waals surface area contributed by atoms with Crippen molar-refractivity contribution in [1.82, 2.24) is 10.6 Å². The van der Waals surface area contributed by atoms with Crippen LogP contribution in [0.25, 0.3) is 0 Å². The van der Waals surface area contributed by atoms with Gasteiger partial charge in [0.25, 0.3) is 0 Å². The van der Waals surface area contributed by atoms with E-state index in [1.165, 1.54) is 17.4 Å². The maximum atomic E-state index is 9.46. The molecular formula is C18H33N5O. The van der Waals surface area contributed by atoms with Crippen molar-refractivity contribution in [1.29, 1.82) is 5.41 Å². The zero-order valence-electron chi connectivity index (χ0n) is 14.9. The monoisotopic (exact) mass is 335 g/mol. The summed E-state index contributed by atoms with van der Waals surface area (Å²) in [5, 5.41) is 24.0. The molecule has 1 heterocycles. The van der Waals surface area contributed by atoms with Crippen LogP contribution in [0.5, 0.6) is 0 Å². The molecule has 0 aromatic heterocycles. The third-order valence-corrected chi connectivity index (χ3v) is 5.23. The Kier molecular flexibility index (Phi) is 6.83. The lowest BCUT2D eigenvalue weighted by atomic mass is 9.78. The van der Waals surface area contributed by atoms with Crippen molar-refractivity contribution in [2.24, 2.45) is 23.3 Å². The summed E-state index contributed by atoms with van der Waals surface area (Å²) in [7, 11) is 0. The van der Waals surface area contributed by atoms with Gasteiger partial charge in [-0.25, -0.2) is 0 Å². The van der Waals surface area contributed by atoms with Crippen LogP contribution in [0.4, 0.5) is 0 Å². The van der Waals surface area contributed by atoms with Gasteiger partial charge in [-0.1, -0.05) is 6.08 Å². The summed E-state index contributed by atoms with van der Waals surface area (Å²) in [6, 6.07) is 0.403. The molecule has 5 unspecified atom stereocenters. The molecule has 1 aliphatic carbocycles. The van der Waals surface area contributed by atoms with Gasteiger partial charge in [0.1, 0.15) is 0 Å². The summed E-state index contributed by atoms with van der Waals surface area (Å²) < 4.78 is 0. The van der Waals surface area contributed by atoms with Gasteiger partial charge in [-0.05, 0) is 56.6 Å². The minimum Gasteiger partial charge on any atom is -0.392 e. The Morgan fingerprint density at radius 2 is 2.25 bits per heavy atom. The number of nitrogens with one attached hydrogen (secondary N) is 3. The number of aliphatic hydroxyl groups excluding tert-OH is 1. The second kappa shape index (κ2) is 8.65. The normalized spacial score (nSPS) is 28.6. The van der Waals surface area contributed by atoms with E-state index in [1.807, 2.05) is 0 Å². The van der Waals surface area contributed by atoms with Gasteiger partial charge in [-0.3, -0.25) is 0 Å². The van der Waals surface area contributed by atoms with Crippen molar-refractivity contribution in [3.8, 4) is 0 Å². The van der Waals surface area contributed by atoms with Crippen molar-refractivity contribution in [3.63, 3.8) is 0 Å². The molecule has 0 radical (unpaired) electrons. The van der Waals surface area contributed by atoms with Gasteiger partial charge in [0.15, 0.2) is 0 Å². The molecule has 24 heavy (non-hydrogen) atoms. The predicted molar refractivity (Wildman–Crippen MR) is 98.7 cm³/mol. The van der Waals surface area contributed by atoms with Crippen LogP contribution >= 0.6 is 0 Å². The number of hydrogen-bond donors (Lipinski definition) is 6. The second-order valence-corrected chi connectivity index (χ2v) is 7.29. The largest absolute Gasteiger partial charge is 0.392 e. The van der Waals surface area contributed by atoms with E-state index in [1.54, 1.807) is 6.92 Å². The fourth-order valence-corrected chi connectivity index (χ4v) is 3.68. The first-order valence-electron chi connectivity index (χ1n) is 9.01. The summed E-state index contributed by atoms with van der Waals surface area (Å²) in [6.07, 6.45) is 7.18. The molecule has 0 spiro atoms. The van der Waals surface area contributed by atoms with Gasteiger partial charge < -0.3 is 32.6 Å². The highest BCUT2D eigenvalue weighted by molar-refractivity contribution is 5.59. The third-order valence-electron chi connectivity index (χ3n) is 5.23. The van der Waals surface area contributed by atoms with Gasteiger partial charge in [0.2, 0.25) is 0 Å². The van der Waals surface area contributed by atoms with E-state index >= 15 is 0 Å². The molecule has 6 nitrogen and oxygen atoms in total. The van der Waals surface area contributed by atoms with Crippen LogP contribution in [0.1, 0.15) is 39.5 Å². The highest BCUT2D eigenvalue weighted by Crippen LogP contribution is 2.33. The number of allylic oxidation sites excluding steroid dienone is 2. The SMILES string of the molecule is CC(O)CNC(C)C(C=N)C1CNC(N)=C(C2=CCC(N)CC2)C1. The Labute approximate surface area is 145 Å². The first-order valence-corrected chi connectivity index (χ1v) is 9.01. The smallest absolute Gasteiger partial charge is 0.0995 e. The Hall–Kier alpha value is -1.37. The zero-order chi connectivity index (χ0) is 17.7. The first kappa shape index (κ1) is 19.0. The van der Waals surface area contributed by atoms with Crippen LogP contribution < -0.4 is 22.1 Å². The van der Waals surface area contributed by atoms with Crippen LogP contribution in [-0.4, -0.2) is 42.6 Å². The van der Waals surface area contributed by atoms with Gasteiger partial charge in [0, 0.05) is 37.3 Å². The molecule has 0 saturated carbocycles. The van der Waals surface area contributed by atoms with Crippen LogP contribution in [0.3, 0.4) is 0 Å². The maximum Gasteiger partial charge on any atom is 0.0995 e. The topological polar surface area (TPSA) is 120 Å². The summed E-state index contributed by atoms with van der Waals surface area (Å²) in [5.74, 6) is 1.20. The first-order chi connectivity index (χ1) is 11.4. The van der Waals surface area contributed by atoms with Gasteiger partial charge in [0.05, 0.1) is 11.9 Å². The molecule has 2 rings (SSSR count). The summed E-state index contributed by atoms with van der Waals surface area (Å²) >= 11 is 0. The lowest BCUT2D eigenvalue weighted by molar-refractivity contribution is 0.180. The lowest BCUT2D eigenvalue weighted by Gasteiger charge is -2.36. The van der Waals surface area contributed by atoms with E-state index in [0.29, 0.717) is 12.5 Å². The molecule has 0 aromatic rings. The summed E-state index contributed by atoms with van der Waals surface area (Å²) in [6.45, 7) is 5.17. The van der Waals surface area contributed by atoms with E-state index < -0.39 is 0 Å². The second-order valence-electron chi connectivity index (χ2n) is 7.29. The standard InChI is InChI=1S/C18H33N5O/c1-11(24)9-22-12(2)17(8-19)14-7-16(18(21)23-10-14)13-3-5-15(20)6-4-13/h3,8,11-12,14-15,17,19,22-24H,4-7,9-10,20-21H2,1-2H3. The molecule has 136 valence electrons. The number of rotatable bonds is 7. The lowest BCUT2D eigenvalue weighted by Crippen LogP contribution is -2.46. The van der Waals surface area contributed by atoms with Crippen LogP contribution in [0.15, 0.2) is 23.0 Å². The molecule has 2 aliphatic rings. The average Bonchev–Trinajstić information content (AvgIpc) is 2.56. The van der Waals surface area contributed by atoms with Crippen molar-refractivity contribution in [2.75, 3.05) is 13.1 Å². The molecule has 0 aromatic carbocycles. The molecular weight excluding hydrogens is 302 g/mol. The van der Waals surface area contributed by atoms with Gasteiger partial charge >= 0.3 is 0 Å². The average molecular weight is 335 g/mol. The van der Waals surface area contributed by atoms with Crippen LogP contribution in [-0.2, 0) is 0 Å². The van der Waals surface area contributed by atoms with Crippen molar-refractivity contribution in [2.45, 2.75) is 57.7 Å². The number of aliphatic hydroxyl groups is 1. The quantitative estimate of drug-likeness (QED) is 0.385. The van der Waals surface area contributed by atoms with E-state index in [4.69, 9.17) is 16.9 Å². The maximum absolute atomic E-state index is 9.46. The fraction of sp³-hybridized carbons (Fsp3) is 0.722. The minimum absolute atomic E-state index is 0.103. The molecule has 0 saturated heterocycles. The van der Waals surface area contributed by atoms with Crippen molar-refractivity contribution >= 4 is 6.21 Å². The third kappa shape index (κ3) is 4.82. The molecule has 1 aliphatic heterocycles. The van der Waals surface area contributed by atoms with Crippen molar-refractivity contribution in [3.05, 3.63) is 23.0 Å². The highest BCUT2D eigenvalue weighted by Gasteiger charge is 2.31. The molecule has 0 bridgehead atoms. The number of hydrogen-bond acceptors (Lipinski definition) is 6. The minimum atomic E-state index is -0.383. The molecule has 5 atom stereocenters. The Bertz CT molecular complexity index is 500. The van der Waals surface area contributed by atoms with E-state index in [-0.39, 0.29) is 24.1 Å². The van der Waals surface area contributed by atoms with Gasteiger partial charge in [-0.2, -0.15) is 0 Å². The van der Waals surface area contributed by atoms with E-state index in [9.17, 15) is 5.11 Å². The molecule has 6 heteroatoms. The van der Waals surface area contributed by atoms with Crippen LogP contribution in [0, 0.1) is 17.2 Å². The van der Waals surface area contributed by atoms with E-state index in [2.05, 4.69) is 23.6 Å². The number of nitrogens with two attached hydrogens (primary N) is 2. The summed E-state index contributed by atoms with van der Waals surface area (Å²) in [4.78, 5) is 0. The molecule has 8 N–H and O–H groups in total. The Morgan fingerprint density at radius 3 is 2.83 bits per heavy atom. The van der Waals surface area contributed by atoms with E-state index in [0.717, 1.165) is 38.0 Å². The molecule has 0 amide bonds. The Morgan fingerprint density at radius 1 is 1.50 bits per heavy atom. The van der Waals surface area contributed by atoms with Gasteiger partial charge in [-0.15, -0.1) is 0 Å². The highest BCUT2D eigenvalue weighted by atomic mass is 16.3. The predicted octanol–water partition coefficient (Wildman–Crippen LogP) is 0.828. The fourth-order valence-electron chi connectivity index (χ4n) is 3.68. The van der Waals surface area contributed by atoms with Crippen LogP contribution in [0.2, 0.25) is 0 Å². The molecule has 0 fully saturated rings. The Balaban J connectivity index is 2.05.